The zero-order valence-corrected chi connectivity index (χ0v) is 16.6. The van der Waals surface area contributed by atoms with Crippen molar-refractivity contribution in [1.82, 2.24) is 20.2 Å². The number of hydrogen-bond donors (Lipinski definition) is 1. The van der Waals surface area contributed by atoms with Gasteiger partial charge in [-0.15, -0.1) is 0 Å². The van der Waals surface area contributed by atoms with E-state index in [1.807, 2.05) is 36.4 Å². The molecule has 136 valence electrons. The molecule has 0 atom stereocenters. The Morgan fingerprint density at radius 3 is 2.62 bits per heavy atom. The molecule has 1 N–H and O–H groups in total. The van der Waals surface area contributed by atoms with Gasteiger partial charge in [-0.05, 0) is 40.3 Å². The zero-order valence-electron chi connectivity index (χ0n) is 14.2. The summed E-state index contributed by atoms with van der Waals surface area (Å²) < 4.78 is 14.0. The van der Waals surface area contributed by atoms with E-state index in [1.54, 1.807) is 18.8 Å². The summed E-state index contributed by atoms with van der Waals surface area (Å²) in [6, 6.07) is 11.3. The van der Waals surface area contributed by atoms with Crippen molar-refractivity contribution in [3.63, 3.8) is 0 Å². The van der Waals surface area contributed by atoms with Crippen LogP contribution in [0.3, 0.4) is 0 Å². The van der Waals surface area contributed by atoms with E-state index in [9.17, 15) is 0 Å². The second-order valence-electron chi connectivity index (χ2n) is 5.45. The average molecular weight is 439 g/mol. The van der Waals surface area contributed by atoms with Crippen LogP contribution in [0.15, 0.2) is 40.9 Å². The Labute approximate surface area is 164 Å². The fourth-order valence-electron chi connectivity index (χ4n) is 2.35. The number of ether oxygens (including phenoxy) is 2. The van der Waals surface area contributed by atoms with Crippen molar-refractivity contribution in [2.75, 3.05) is 12.4 Å². The van der Waals surface area contributed by atoms with Crippen LogP contribution in [-0.2, 0) is 20.2 Å². The summed E-state index contributed by atoms with van der Waals surface area (Å²) in [5.41, 5.74) is 1.91. The highest BCUT2D eigenvalue weighted by molar-refractivity contribution is 9.10. The van der Waals surface area contributed by atoms with Crippen LogP contribution in [-0.4, -0.2) is 27.3 Å². The fourth-order valence-corrected chi connectivity index (χ4v) is 2.93. The highest BCUT2D eigenvalue weighted by Gasteiger charge is 2.16. The van der Waals surface area contributed by atoms with E-state index in [0.717, 1.165) is 15.6 Å². The summed E-state index contributed by atoms with van der Waals surface area (Å²) in [7, 11) is 3.38. The summed E-state index contributed by atoms with van der Waals surface area (Å²) in [6.45, 7) is 0.852. The second kappa shape index (κ2) is 8.37. The standard InChI is InChI=1S/C17H17BrClN5O2/c1-24-17(21-22-23-24)20-9-13-14(18)7-8-15(25-2)16(13)26-10-11-3-5-12(19)6-4-11/h3-8H,9-10H2,1-2H3,(H,20,21,23). The summed E-state index contributed by atoms with van der Waals surface area (Å²) in [5, 5.41) is 15.2. The van der Waals surface area contributed by atoms with Crippen LogP contribution >= 0.6 is 27.5 Å². The van der Waals surface area contributed by atoms with Gasteiger partial charge >= 0.3 is 0 Å². The van der Waals surface area contributed by atoms with Crippen LogP contribution in [0.25, 0.3) is 0 Å². The van der Waals surface area contributed by atoms with Crippen molar-refractivity contribution in [3.8, 4) is 11.5 Å². The number of tetrazole rings is 1. The molecule has 0 aliphatic carbocycles. The first-order chi connectivity index (χ1) is 12.6. The lowest BCUT2D eigenvalue weighted by Crippen LogP contribution is -2.09. The molecule has 3 rings (SSSR count). The molecule has 0 radical (unpaired) electrons. The molecule has 0 spiro atoms. The third kappa shape index (κ3) is 4.25. The number of anilines is 1. The first-order valence-electron chi connectivity index (χ1n) is 7.77. The maximum absolute atomic E-state index is 6.07. The molecule has 9 heteroatoms. The summed E-state index contributed by atoms with van der Waals surface area (Å²) in [6.07, 6.45) is 0. The van der Waals surface area contributed by atoms with E-state index in [4.69, 9.17) is 21.1 Å². The van der Waals surface area contributed by atoms with Crippen LogP contribution in [0, 0.1) is 0 Å². The molecule has 0 aliphatic rings. The first-order valence-corrected chi connectivity index (χ1v) is 8.94. The molecule has 1 aromatic heterocycles. The lowest BCUT2D eigenvalue weighted by atomic mass is 10.1. The number of benzene rings is 2. The van der Waals surface area contributed by atoms with Crippen LogP contribution < -0.4 is 14.8 Å². The molecule has 7 nitrogen and oxygen atoms in total. The lowest BCUT2D eigenvalue weighted by molar-refractivity contribution is 0.281. The highest BCUT2D eigenvalue weighted by atomic mass is 79.9. The molecule has 26 heavy (non-hydrogen) atoms. The molecule has 0 unspecified atom stereocenters. The molecular formula is C17H17BrClN5O2. The van der Waals surface area contributed by atoms with Gasteiger partial charge in [-0.1, -0.05) is 44.8 Å². The number of methoxy groups -OCH3 is 1. The monoisotopic (exact) mass is 437 g/mol. The van der Waals surface area contributed by atoms with Gasteiger partial charge < -0.3 is 14.8 Å². The Hall–Kier alpha value is -2.32. The highest BCUT2D eigenvalue weighted by Crippen LogP contribution is 2.37. The molecule has 0 aliphatic heterocycles. The second-order valence-corrected chi connectivity index (χ2v) is 6.74. The van der Waals surface area contributed by atoms with E-state index < -0.39 is 0 Å². The maximum Gasteiger partial charge on any atom is 0.242 e. The van der Waals surface area contributed by atoms with Crippen molar-refractivity contribution in [2.24, 2.45) is 7.05 Å². The fraction of sp³-hybridized carbons (Fsp3) is 0.235. The molecule has 1 heterocycles. The van der Waals surface area contributed by atoms with Crippen LogP contribution in [0.1, 0.15) is 11.1 Å². The number of rotatable bonds is 7. The quantitative estimate of drug-likeness (QED) is 0.604. The minimum atomic E-state index is 0.391. The van der Waals surface area contributed by atoms with Crippen LogP contribution in [0.5, 0.6) is 11.5 Å². The van der Waals surface area contributed by atoms with Gasteiger partial charge in [0.05, 0.1) is 7.11 Å². The zero-order chi connectivity index (χ0) is 18.5. The van der Waals surface area contributed by atoms with Crippen LogP contribution in [0.4, 0.5) is 5.95 Å². The Morgan fingerprint density at radius 1 is 1.19 bits per heavy atom. The molecule has 0 amide bonds. The predicted octanol–water partition coefficient (Wildman–Crippen LogP) is 3.83. The number of aromatic nitrogens is 4. The van der Waals surface area contributed by atoms with Crippen molar-refractivity contribution in [3.05, 3.63) is 57.0 Å². The lowest BCUT2D eigenvalue weighted by Gasteiger charge is -2.17. The summed E-state index contributed by atoms with van der Waals surface area (Å²) in [4.78, 5) is 0. The molecule has 0 saturated carbocycles. The van der Waals surface area contributed by atoms with E-state index in [1.165, 1.54) is 0 Å². The third-order valence-electron chi connectivity index (χ3n) is 3.73. The minimum absolute atomic E-state index is 0.391. The molecule has 3 aromatic rings. The molecule has 0 fully saturated rings. The third-order valence-corrected chi connectivity index (χ3v) is 4.72. The number of aryl methyl sites for hydroxylation is 1. The Balaban J connectivity index is 1.82. The van der Waals surface area contributed by atoms with E-state index in [-0.39, 0.29) is 0 Å². The topological polar surface area (TPSA) is 74.1 Å². The molecular weight excluding hydrogens is 422 g/mol. The van der Waals surface area contributed by atoms with E-state index in [2.05, 4.69) is 36.8 Å². The molecule has 0 saturated heterocycles. The van der Waals surface area contributed by atoms with Gasteiger partial charge in [0.1, 0.15) is 6.61 Å². The Morgan fingerprint density at radius 2 is 1.96 bits per heavy atom. The van der Waals surface area contributed by atoms with Gasteiger partial charge in [-0.25, -0.2) is 4.68 Å². The van der Waals surface area contributed by atoms with Gasteiger partial charge in [-0.3, -0.25) is 0 Å². The SMILES string of the molecule is COc1ccc(Br)c(CNc2nnnn2C)c1OCc1ccc(Cl)cc1. The van der Waals surface area contributed by atoms with Crippen LogP contribution in [0.2, 0.25) is 5.02 Å². The molecule has 2 aromatic carbocycles. The number of halogens is 2. The number of hydrogen-bond acceptors (Lipinski definition) is 6. The Bertz CT molecular complexity index is 885. The molecule has 0 bridgehead atoms. The van der Waals surface area contributed by atoms with Crippen molar-refractivity contribution >= 4 is 33.5 Å². The van der Waals surface area contributed by atoms with Crippen molar-refractivity contribution < 1.29 is 9.47 Å². The average Bonchev–Trinajstić information content (AvgIpc) is 3.05. The first kappa shape index (κ1) is 18.5. The smallest absolute Gasteiger partial charge is 0.242 e. The van der Waals surface area contributed by atoms with Gasteiger partial charge in [0.2, 0.25) is 5.95 Å². The maximum atomic E-state index is 6.07. The summed E-state index contributed by atoms with van der Waals surface area (Å²) >= 11 is 9.51. The minimum Gasteiger partial charge on any atom is -0.493 e. The van der Waals surface area contributed by atoms with Gasteiger partial charge in [0.15, 0.2) is 11.5 Å². The summed E-state index contributed by atoms with van der Waals surface area (Å²) in [5.74, 6) is 1.86. The van der Waals surface area contributed by atoms with Gasteiger partial charge in [-0.2, -0.15) is 0 Å². The van der Waals surface area contributed by atoms with E-state index in [0.29, 0.717) is 35.6 Å². The number of nitrogens with one attached hydrogen (secondary N) is 1. The van der Waals surface area contributed by atoms with Gasteiger partial charge in [0.25, 0.3) is 0 Å². The normalized spacial score (nSPS) is 10.6. The van der Waals surface area contributed by atoms with E-state index >= 15 is 0 Å². The van der Waals surface area contributed by atoms with Gasteiger partial charge in [0, 0.05) is 28.7 Å². The number of nitrogens with zero attached hydrogens (tertiary/aromatic N) is 4. The Kier molecular flexibility index (Phi) is 5.95. The van der Waals surface area contributed by atoms with Crippen molar-refractivity contribution in [2.45, 2.75) is 13.2 Å². The predicted molar refractivity (Wildman–Crippen MR) is 103 cm³/mol. The largest absolute Gasteiger partial charge is 0.493 e. The van der Waals surface area contributed by atoms with Crippen molar-refractivity contribution in [1.29, 1.82) is 0 Å².